The minimum Gasteiger partial charge on any atom is -0.393 e. The molecule has 16 atom stereocenters. The zero-order chi connectivity index (χ0) is 34.0. The summed E-state index contributed by atoms with van der Waals surface area (Å²) in [5, 5.41) is 56.3. The van der Waals surface area contributed by atoms with E-state index in [9.17, 15) is 38.5 Å². The van der Waals surface area contributed by atoms with Crippen LogP contribution in [0.5, 0.6) is 0 Å². The number of hydrogen-bond donors (Lipinski definition) is 6. The Morgan fingerprint density at radius 2 is 1.59 bits per heavy atom. The third-order valence-corrected chi connectivity index (χ3v) is 13.8. The van der Waals surface area contributed by atoms with Crippen LogP contribution in [0, 0.1) is 46.3 Å². The summed E-state index contributed by atoms with van der Waals surface area (Å²) in [7, 11) is -3.59. The highest BCUT2D eigenvalue weighted by Crippen LogP contribution is 2.69. The van der Waals surface area contributed by atoms with Crippen molar-refractivity contribution in [1.29, 1.82) is 0 Å². The average Bonchev–Trinajstić information content (AvgIpc) is 3.23. The van der Waals surface area contributed by atoms with Crippen LogP contribution in [-0.4, -0.2) is 107 Å². The molecule has 0 aromatic rings. The van der Waals surface area contributed by atoms with Gasteiger partial charge in [-0.15, -0.1) is 0 Å². The lowest BCUT2D eigenvalue weighted by atomic mass is 9.42. The van der Waals surface area contributed by atoms with Gasteiger partial charge in [0, 0.05) is 19.4 Å². The van der Waals surface area contributed by atoms with Crippen molar-refractivity contribution in [3.63, 3.8) is 0 Å². The molecular formula is C33H58O12S. The van der Waals surface area contributed by atoms with Crippen LogP contribution >= 0.6 is 0 Å². The Morgan fingerprint density at radius 3 is 2.22 bits per heavy atom. The smallest absolute Gasteiger partial charge is 0.393 e. The van der Waals surface area contributed by atoms with Crippen LogP contribution in [0.25, 0.3) is 0 Å². The largest absolute Gasteiger partial charge is 0.397 e. The molecule has 16 unspecified atom stereocenters. The molecule has 0 aromatic carbocycles. The van der Waals surface area contributed by atoms with Crippen LogP contribution in [0.3, 0.4) is 0 Å². The van der Waals surface area contributed by atoms with Gasteiger partial charge in [-0.25, -0.2) is 4.18 Å². The van der Waals surface area contributed by atoms with E-state index in [4.69, 9.17) is 18.4 Å². The van der Waals surface area contributed by atoms with Crippen LogP contribution < -0.4 is 0 Å². The molecule has 1 aliphatic heterocycles. The highest BCUT2D eigenvalue weighted by molar-refractivity contribution is 7.80. The average molecular weight is 679 g/mol. The first-order valence-corrected chi connectivity index (χ1v) is 18.6. The molecule has 1 saturated heterocycles. The third-order valence-electron chi connectivity index (χ3n) is 13.3. The van der Waals surface area contributed by atoms with E-state index in [-0.39, 0.29) is 65.5 Å². The molecular weight excluding hydrogens is 620 g/mol. The summed E-state index contributed by atoms with van der Waals surface area (Å²) in [5.41, 5.74) is -1.83. The fourth-order valence-electron chi connectivity index (χ4n) is 11.2. The zero-order valence-corrected chi connectivity index (χ0v) is 29.0. The first kappa shape index (κ1) is 36.8. The molecule has 5 aliphatic rings. The summed E-state index contributed by atoms with van der Waals surface area (Å²) < 4.78 is 54.7. The maximum Gasteiger partial charge on any atom is 0.397 e. The predicted octanol–water partition coefficient (Wildman–Crippen LogP) is 2.44. The van der Waals surface area contributed by atoms with Gasteiger partial charge in [0.15, 0.2) is 12.4 Å². The monoisotopic (exact) mass is 678 g/mol. The van der Waals surface area contributed by atoms with Crippen LogP contribution in [0.2, 0.25) is 0 Å². The molecule has 46 heavy (non-hydrogen) atoms. The number of rotatable bonds is 10. The van der Waals surface area contributed by atoms with Gasteiger partial charge in [-0.1, -0.05) is 34.6 Å². The molecule has 4 saturated carbocycles. The summed E-state index contributed by atoms with van der Waals surface area (Å²) in [6, 6.07) is 0. The highest BCUT2D eigenvalue weighted by atomic mass is 32.3. The standard InChI is InChI=1S/C33H58O12S/c1-17(2)25(44-30-28(45-46(39,40)41)27(42-6)24(37)16-43-30)8-7-18(3)20-14-22(35)29-32(20,5)12-10-26-31(4)11-9-19(34)13-21(31)23(36)15-33(26,29)38/h17-30,34-38H,7-16H2,1-6H3,(H,39,40,41). The first-order valence-electron chi connectivity index (χ1n) is 17.3. The van der Waals surface area contributed by atoms with Gasteiger partial charge in [0.05, 0.1) is 36.6 Å². The van der Waals surface area contributed by atoms with Gasteiger partial charge in [0.25, 0.3) is 0 Å². The molecule has 268 valence electrons. The lowest BCUT2D eigenvalue weighted by Crippen LogP contribution is -2.68. The summed E-state index contributed by atoms with van der Waals surface area (Å²) in [4.78, 5) is 0. The first-order chi connectivity index (χ1) is 21.4. The van der Waals surface area contributed by atoms with E-state index in [1.54, 1.807) is 0 Å². The van der Waals surface area contributed by atoms with E-state index in [1.807, 2.05) is 13.8 Å². The van der Waals surface area contributed by atoms with Crippen molar-refractivity contribution < 1.29 is 56.9 Å². The minimum atomic E-state index is -4.89. The van der Waals surface area contributed by atoms with E-state index in [0.29, 0.717) is 25.7 Å². The Bertz CT molecular complexity index is 1170. The second-order valence-corrected chi connectivity index (χ2v) is 17.3. The summed E-state index contributed by atoms with van der Waals surface area (Å²) in [6.07, 6.45) is -1.37. The van der Waals surface area contributed by atoms with E-state index >= 15 is 0 Å². The van der Waals surface area contributed by atoms with E-state index in [2.05, 4.69) is 20.8 Å². The molecule has 0 spiro atoms. The second kappa shape index (κ2) is 13.4. The number of methoxy groups -OCH3 is 1. The summed E-state index contributed by atoms with van der Waals surface area (Å²) in [6.45, 7) is 10.4. The molecule has 0 aromatic heterocycles. The van der Waals surface area contributed by atoms with E-state index in [0.717, 1.165) is 25.7 Å². The normalized spacial score (nSPS) is 49.2. The molecule has 5 rings (SSSR count). The van der Waals surface area contributed by atoms with Gasteiger partial charge >= 0.3 is 10.4 Å². The Labute approximate surface area is 274 Å². The summed E-state index contributed by atoms with van der Waals surface area (Å²) in [5.74, 6) is -0.198. The van der Waals surface area contributed by atoms with Crippen molar-refractivity contribution in [2.24, 2.45) is 46.3 Å². The van der Waals surface area contributed by atoms with Gasteiger partial charge in [-0.3, -0.25) is 4.55 Å². The van der Waals surface area contributed by atoms with Gasteiger partial charge in [-0.05, 0) is 91.8 Å². The van der Waals surface area contributed by atoms with E-state index < -0.39 is 58.9 Å². The molecule has 12 nitrogen and oxygen atoms in total. The second-order valence-electron chi connectivity index (χ2n) is 16.2. The molecule has 4 aliphatic carbocycles. The van der Waals surface area contributed by atoms with Crippen molar-refractivity contribution in [2.45, 2.75) is 147 Å². The molecule has 1 heterocycles. The van der Waals surface area contributed by atoms with Crippen molar-refractivity contribution in [3.05, 3.63) is 0 Å². The third kappa shape index (κ3) is 6.57. The lowest BCUT2D eigenvalue weighted by molar-refractivity contribution is -0.284. The van der Waals surface area contributed by atoms with Crippen LogP contribution in [0.15, 0.2) is 0 Å². The lowest BCUT2D eigenvalue weighted by Gasteiger charge is -2.66. The number of hydrogen-bond acceptors (Lipinski definition) is 11. The predicted molar refractivity (Wildman–Crippen MR) is 167 cm³/mol. The molecule has 0 bridgehead atoms. The number of ether oxygens (including phenoxy) is 3. The van der Waals surface area contributed by atoms with Crippen molar-refractivity contribution in [1.82, 2.24) is 0 Å². The zero-order valence-electron chi connectivity index (χ0n) is 28.2. The minimum absolute atomic E-state index is 0.00936. The van der Waals surface area contributed by atoms with Crippen LogP contribution in [0.4, 0.5) is 0 Å². The van der Waals surface area contributed by atoms with Gasteiger partial charge < -0.3 is 39.7 Å². The molecule has 0 amide bonds. The Morgan fingerprint density at radius 1 is 0.913 bits per heavy atom. The fraction of sp³-hybridized carbons (Fsp3) is 1.00. The van der Waals surface area contributed by atoms with Gasteiger partial charge in [0.2, 0.25) is 0 Å². The van der Waals surface area contributed by atoms with Gasteiger partial charge in [-0.2, -0.15) is 8.42 Å². The Balaban J connectivity index is 1.30. The fourth-order valence-corrected chi connectivity index (χ4v) is 11.7. The van der Waals surface area contributed by atoms with Crippen molar-refractivity contribution >= 4 is 10.4 Å². The maximum atomic E-state index is 12.6. The molecule has 0 radical (unpaired) electrons. The van der Waals surface area contributed by atoms with Crippen molar-refractivity contribution in [3.8, 4) is 0 Å². The number of fused-ring (bicyclic) bond motifs is 5. The topological polar surface area (TPSA) is 192 Å². The highest BCUT2D eigenvalue weighted by Gasteiger charge is 2.70. The Hall–Kier alpha value is -0.450. The van der Waals surface area contributed by atoms with Gasteiger partial charge in [0.1, 0.15) is 12.2 Å². The van der Waals surface area contributed by atoms with Crippen molar-refractivity contribution in [2.75, 3.05) is 13.7 Å². The molecule has 5 fully saturated rings. The molecule has 6 N–H and O–H groups in total. The molecule has 13 heteroatoms. The number of aliphatic hydroxyl groups is 5. The van der Waals surface area contributed by atoms with E-state index in [1.165, 1.54) is 7.11 Å². The maximum absolute atomic E-state index is 12.6. The van der Waals surface area contributed by atoms with Crippen LogP contribution in [-0.2, 0) is 28.8 Å². The number of aliphatic hydroxyl groups excluding tert-OH is 4. The SMILES string of the molecule is COC1C(O)COC(OC(CCC(C)C2CC(O)C3C2(C)CCC2C4(C)CCC(O)CC4C(O)CC23O)C(C)C)C1OS(=O)(=O)O. The van der Waals surface area contributed by atoms with Crippen LogP contribution in [0.1, 0.15) is 92.4 Å². The summed E-state index contributed by atoms with van der Waals surface area (Å²) >= 11 is 0. The quantitative estimate of drug-likeness (QED) is 0.185. The Kier molecular flexibility index (Phi) is 10.7.